The second-order valence-corrected chi connectivity index (χ2v) is 8.57. The van der Waals surface area contributed by atoms with Crippen molar-refractivity contribution in [3.63, 3.8) is 0 Å². The molecule has 0 bridgehead atoms. The SMILES string of the molecule is CN1CCN(C2=CC=C(Nc3ncc(F)c(N[C@@H]4CCC[C@@H]4C(N)=O)n3)CC2=CO)CC1. The Morgan fingerprint density at radius 3 is 2.78 bits per heavy atom. The molecule has 2 fully saturated rings. The van der Waals surface area contributed by atoms with Gasteiger partial charge in [0, 0.05) is 55.6 Å². The summed E-state index contributed by atoms with van der Waals surface area (Å²) < 4.78 is 14.3. The van der Waals surface area contributed by atoms with Gasteiger partial charge in [0.25, 0.3) is 0 Å². The van der Waals surface area contributed by atoms with Gasteiger partial charge in [-0.15, -0.1) is 0 Å². The molecule has 0 unspecified atom stereocenters. The van der Waals surface area contributed by atoms with Crippen molar-refractivity contribution >= 4 is 17.7 Å². The van der Waals surface area contributed by atoms with Crippen LogP contribution in [-0.4, -0.2) is 70.1 Å². The maximum absolute atomic E-state index is 14.3. The zero-order valence-corrected chi connectivity index (χ0v) is 18.2. The number of aliphatic hydroxyl groups excluding tert-OH is 1. The number of piperazine rings is 1. The summed E-state index contributed by atoms with van der Waals surface area (Å²) in [6.07, 6.45) is 8.90. The highest BCUT2D eigenvalue weighted by Gasteiger charge is 2.32. The monoisotopic (exact) mass is 443 g/mol. The van der Waals surface area contributed by atoms with Gasteiger partial charge < -0.3 is 31.3 Å². The molecule has 1 aliphatic heterocycles. The third-order valence-corrected chi connectivity index (χ3v) is 6.37. The number of carbonyl (C=O) groups excluding carboxylic acids is 1. The number of nitrogens with one attached hydrogen (secondary N) is 2. The van der Waals surface area contributed by atoms with Gasteiger partial charge >= 0.3 is 0 Å². The van der Waals surface area contributed by atoms with Crippen LogP contribution in [0.25, 0.3) is 0 Å². The van der Waals surface area contributed by atoms with E-state index >= 15 is 0 Å². The molecule has 0 radical (unpaired) electrons. The second kappa shape index (κ2) is 9.56. The maximum Gasteiger partial charge on any atom is 0.229 e. The molecule has 9 nitrogen and oxygen atoms in total. The molecule has 4 rings (SSSR count). The molecule has 3 aliphatic rings. The number of rotatable bonds is 6. The van der Waals surface area contributed by atoms with Gasteiger partial charge in [-0.2, -0.15) is 4.98 Å². The topological polar surface area (TPSA) is 120 Å². The van der Waals surface area contributed by atoms with Crippen molar-refractivity contribution in [3.8, 4) is 0 Å². The van der Waals surface area contributed by atoms with Crippen molar-refractivity contribution in [1.29, 1.82) is 0 Å². The second-order valence-electron chi connectivity index (χ2n) is 8.57. The standard InChI is InChI=1S/C22H30FN7O2/c1-29-7-9-30(10-8-29)19-6-5-15(11-14(19)13-31)26-22-25-12-17(23)21(28-22)27-18-4-2-3-16(18)20(24)32/h5-6,12-13,16,18,31H,2-4,7-11H2,1H3,(H2,24,32)(H2,25,26,27,28)/t16-,18+/m0/s1. The van der Waals surface area contributed by atoms with E-state index in [9.17, 15) is 14.3 Å². The minimum absolute atomic E-state index is 0.0450. The van der Waals surface area contributed by atoms with Crippen LogP contribution in [0.2, 0.25) is 0 Å². The molecule has 2 heterocycles. The molecule has 1 aromatic rings. The molecular formula is C22H30FN7O2. The lowest BCUT2D eigenvalue weighted by Gasteiger charge is -2.37. The Balaban J connectivity index is 1.47. The normalized spacial score (nSPS) is 25.4. The van der Waals surface area contributed by atoms with Crippen molar-refractivity contribution < 1.29 is 14.3 Å². The molecule has 1 saturated heterocycles. The molecule has 32 heavy (non-hydrogen) atoms. The molecule has 1 saturated carbocycles. The summed E-state index contributed by atoms with van der Waals surface area (Å²) in [7, 11) is 2.10. The highest BCUT2D eigenvalue weighted by molar-refractivity contribution is 5.78. The lowest BCUT2D eigenvalue weighted by atomic mass is 10.0. The first-order valence-corrected chi connectivity index (χ1v) is 11.0. The number of nitrogens with zero attached hydrogens (tertiary/aromatic N) is 4. The lowest BCUT2D eigenvalue weighted by molar-refractivity contribution is -0.121. The molecule has 172 valence electrons. The zero-order valence-electron chi connectivity index (χ0n) is 18.2. The lowest BCUT2D eigenvalue weighted by Crippen LogP contribution is -2.44. The summed E-state index contributed by atoms with van der Waals surface area (Å²) in [5, 5.41) is 16.0. The Kier molecular flexibility index (Phi) is 6.59. The first kappa shape index (κ1) is 22.1. The van der Waals surface area contributed by atoms with E-state index in [0.29, 0.717) is 12.8 Å². The van der Waals surface area contributed by atoms with Gasteiger partial charge in [-0.05, 0) is 32.0 Å². The van der Waals surface area contributed by atoms with Crippen LogP contribution in [-0.2, 0) is 4.79 Å². The Bertz CT molecular complexity index is 954. The van der Waals surface area contributed by atoms with Crippen molar-refractivity contribution in [3.05, 3.63) is 47.4 Å². The molecule has 0 aromatic carbocycles. The molecule has 2 aliphatic carbocycles. The Morgan fingerprint density at radius 2 is 2.06 bits per heavy atom. The van der Waals surface area contributed by atoms with Crippen molar-refractivity contribution in [2.24, 2.45) is 11.7 Å². The largest absolute Gasteiger partial charge is 0.515 e. The van der Waals surface area contributed by atoms with Crippen LogP contribution in [0.1, 0.15) is 25.7 Å². The molecule has 0 spiro atoms. The number of halogens is 1. The van der Waals surface area contributed by atoms with Crippen molar-refractivity contribution in [1.82, 2.24) is 19.8 Å². The minimum Gasteiger partial charge on any atom is -0.515 e. The number of allylic oxidation sites excluding steroid dienone is 4. The van der Waals surface area contributed by atoms with Gasteiger partial charge in [-0.1, -0.05) is 6.42 Å². The number of nitrogens with two attached hydrogens (primary N) is 1. The Morgan fingerprint density at radius 1 is 1.28 bits per heavy atom. The van der Waals surface area contributed by atoms with Crippen LogP contribution in [0.4, 0.5) is 16.2 Å². The number of hydrogen-bond acceptors (Lipinski definition) is 8. The third-order valence-electron chi connectivity index (χ3n) is 6.37. The Labute approximate surface area is 186 Å². The maximum atomic E-state index is 14.3. The predicted octanol–water partition coefficient (Wildman–Crippen LogP) is 1.95. The van der Waals surface area contributed by atoms with Gasteiger partial charge in [0.1, 0.15) is 0 Å². The van der Waals surface area contributed by atoms with E-state index in [1.54, 1.807) is 0 Å². The average Bonchev–Trinajstić information content (AvgIpc) is 3.25. The molecule has 1 aromatic heterocycles. The number of anilines is 2. The number of aromatic nitrogens is 2. The average molecular weight is 444 g/mol. The third kappa shape index (κ3) is 4.85. The summed E-state index contributed by atoms with van der Waals surface area (Å²) in [5.74, 6) is -1.02. The highest BCUT2D eigenvalue weighted by atomic mass is 19.1. The van der Waals surface area contributed by atoms with Crippen LogP contribution in [0.5, 0.6) is 0 Å². The van der Waals surface area contributed by atoms with Gasteiger partial charge in [-0.25, -0.2) is 9.37 Å². The molecule has 10 heteroatoms. The van der Waals surface area contributed by atoms with Gasteiger partial charge in [0.05, 0.1) is 18.4 Å². The summed E-state index contributed by atoms with van der Waals surface area (Å²) in [5.41, 5.74) is 8.07. The summed E-state index contributed by atoms with van der Waals surface area (Å²) >= 11 is 0. The quantitative estimate of drug-likeness (QED) is 0.493. The molecule has 2 atom stereocenters. The Hall–Kier alpha value is -3.14. The van der Waals surface area contributed by atoms with Gasteiger partial charge in [0.2, 0.25) is 11.9 Å². The fourth-order valence-electron chi connectivity index (χ4n) is 4.52. The number of aliphatic hydroxyl groups is 1. The number of primary amides is 1. The molecule has 5 N–H and O–H groups in total. The van der Waals surface area contributed by atoms with Crippen molar-refractivity contribution in [2.45, 2.75) is 31.7 Å². The number of likely N-dealkylation sites (N-methyl/N-ethyl adjacent to an activating group) is 1. The summed E-state index contributed by atoms with van der Waals surface area (Å²) in [4.78, 5) is 24.5. The fraction of sp³-hybridized carbons (Fsp3) is 0.500. The van der Waals surface area contributed by atoms with Crippen LogP contribution in [0, 0.1) is 11.7 Å². The van der Waals surface area contributed by atoms with Crippen LogP contribution < -0.4 is 16.4 Å². The first-order chi connectivity index (χ1) is 15.4. The highest BCUT2D eigenvalue weighted by Crippen LogP contribution is 2.30. The first-order valence-electron chi connectivity index (χ1n) is 11.0. The predicted molar refractivity (Wildman–Crippen MR) is 120 cm³/mol. The number of carbonyl (C=O) groups is 1. The molecule has 1 amide bonds. The van der Waals surface area contributed by atoms with E-state index < -0.39 is 5.82 Å². The van der Waals surface area contributed by atoms with Crippen molar-refractivity contribution in [2.75, 3.05) is 43.9 Å². The number of amides is 1. The van der Waals surface area contributed by atoms with Gasteiger partial charge in [0.15, 0.2) is 11.6 Å². The number of hydrogen-bond donors (Lipinski definition) is 4. The smallest absolute Gasteiger partial charge is 0.229 e. The van der Waals surface area contributed by atoms with E-state index in [-0.39, 0.29) is 29.6 Å². The summed E-state index contributed by atoms with van der Waals surface area (Å²) in [6.45, 7) is 3.75. The van der Waals surface area contributed by atoms with E-state index in [0.717, 1.165) is 68.4 Å². The molecular weight excluding hydrogens is 413 g/mol. The van der Waals surface area contributed by atoms with E-state index in [1.807, 2.05) is 12.2 Å². The van der Waals surface area contributed by atoms with Crippen LogP contribution >= 0.6 is 0 Å². The summed E-state index contributed by atoms with van der Waals surface area (Å²) in [6, 6.07) is -0.239. The van der Waals surface area contributed by atoms with E-state index in [2.05, 4.69) is 37.4 Å². The van der Waals surface area contributed by atoms with E-state index in [1.165, 1.54) is 0 Å². The zero-order chi connectivity index (χ0) is 22.7. The fourth-order valence-corrected chi connectivity index (χ4v) is 4.52. The van der Waals surface area contributed by atoms with Gasteiger partial charge in [-0.3, -0.25) is 4.79 Å². The minimum atomic E-state index is -0.587. The van der Waals surface area contributed by atoms with E-state index in [4.69, 9.17) is 5.73 Å². The van der Waals surface area contributed by atoms with Crippen LogP contribution in [0.15, 0.2) is 41.6 Å². The van der Waals surface area contributed by atoms with Crippen LogP contribution in [0.3, 0.4) is 0 Å².